The fourth-order valence-electron chi connectivity index (χ4n) is 5.57. The van der Waals surface area contributed by atoms with Crippen LogP contribution < -0.4 is 10.6 Å². The average Bonchev–Trinajstić information content (AvgIpc) is 3.04. The first-order chi connectivity index (χ1) is 14.9. The molecule has 0 radical (unpaired) electrons. The standard InChI is InChI=1S/C23H30N4O4/c1-15-11-26(14-23(31-15)6-8-24-9-7-23)12-16-2-3-17-13-27(22(30)18(17)10-16)19-4-5-20(28)25-21(19)29/h2-3,10,15,19,24H,4-9,11-14H2,1H3,(H,25,28,29). The normalized spacial score (nSPS) is 28.7. The maximum absolute atomic E-state index is 13.1. The number of benzene rings is 1. The summed E-state index contributed by atoms with van der Waals surface area (Å²) in [7, 11) is 0. The Balaban J connectivity index is 1.29. The second-order valence-electron chi connectivity index (χ2n) is 9.42. The molecule has 4 aliphatic rings. The molecule has 2 N–H and O–H groups in total. The lowest BCUT2D eigenvalue weighted by Crippen LogP contribution is -2.58. The Bertz CT molecular complexity index is 911. The van der Waals surface area contributed by atoms with Crippen molar-refractivity contribution in [2.24, 2.45) is 0 Å². The van der Waals surface area contributed by atoms with Gasteiger partial charge in [0.05, 0.1) is 11.7 Å². The summed E-state index contributed by atoms with van der Waals surface area (Å²) >= 11 is 0. The first-order valence-corrected chi connectivity index (χ1v) is 11.3. The van der Waals surface area contributed by atoms with Crippen molar-refractivity contribution in [3.8, 4) is 0 Å². The zero-order valence-electron chi connectivity index (χ0n) is 18.0. The molecule has 1 spiro atoms. The van der Waals surface area contributed by atoms with E-state index in [2.05, 4.69) is 28.5 Å². The highest BCUT2D eigenvalue weighted by molar-refractivity contribution is 6.05. The molecular formula is C23H30N4O4. The number of imide groups is 1. The molecule has 0 bridgehead atoms. The Kier molecular flexibility index (Phi) is 5.32. The van der Waals surface area contributed by atoms with E-state index in [4.69, 9.17) is 4.74 Å². The molecule has 2 unspecified atom stereocenters. The van der Waals surface area contributed by atoms with Crippen molar-refractivity contribution in [2.45, 2.75) is 63.4 Å². The highest BCUT2D eigenvalue weighted by atomic mass is 16.5. The molecule has 0 saturated carbocycles. The molecule has 5 rings (SSSR count). The van der Waals surface area contributed by atoms with Gasteiger partial charge in [0.1, 0.15) is 6.04 Å². The van der Waals surface area contributed by atoms with Gasteiger partial charge in [-0.15, -0.1) is 0 Å². The second-order valence-corrected chi connectivity index (χ2v) is 9.42. The van der Waals surface area contributed by atoms with Crippen LogP contribution in [0.4, 0.5) is 0 Å². The minimum atomic E-state index is -0.569. The molecule has 1 aromatic carbocycles. The second kappa shape index (κ2) is 8.00. The summed E-state index contributed by atoms with van der Waals surface area (Å²) in [5, 5.41) is 5.77. The van der Waals surface area contributed by atoms with E-state index in [0.717, 1.165) is 56.7 Å². The molecule has 1 aromatic rings. The van der Waals surface area contributed by atoms with Gasteiger partial charge in [-0.25, -0.2) is 0 Å². The quantitative estimate of drug-likeness (QED) is 0.695. The molecule has 0 aliphatic carbocycles. The summed E-state index contributed by atoms with van der Waals surface area (Å²) in [5.41, 5.74) is 2.66. The molecule has 2 atom stereocenters. The number of hydrogen-bond acceptors (Lipinski definition) is 6. The van der Waals surface area contributed by atoms with Gasteiger partial charge >= 0.3 is 0 Å². The first-order valence-electron chi connectivity index (χ1n) is 11.3. The first kappa shape index (κ1) is 20.6. The van der Waals surface area contributed by atoms with E-state index in [9.17, 15) is 14.4 Å². The van der Waals surface area contributed by atoms with E-state index in [-0.39, 0.29) is 35.8 Å². The molecule has 3 amide bonds. The van der Waals surface area contributed by atoms with Crippen molar-refractivity contribution in [3.05, 3.63) is 34.9 Å². The summed E-state index contributed by atoms with van der Waals surface area (Å²) in [5.74, 6) is -0.748. The molecule has 4 aliphatic heterocycles. The number of carbonyl (C=O) groups is 3. The summed E-state index contributed by atoms with van der Waals surface area (Å²) in [6, 6.07) is 5.52. The van der Waals surface area contributed by atoms with Crippen LogP contribution in [0.3, 0.4) is 0 Å². The molecular weight excluding hydrogens is 396 g/mol. The zero-order valence-corrected chi connectivity index (χ0v) is 18.0. The number of ether oxygens (including phenoxy) is 1. The Morgan fingerprint density at radius 2 is 2.00 bits per heavy atom. The van der Waals surface area contributed by atoms with Crippen LogP contribution in [0.1, 0.15) is 54.1 Å². The van der Waals surface area contributed by atoms with Gasteiger partial charge in [0, 0.05) is 38.2 Å². The van der Waals surface area contributed by atoms with E-state index in [1.165, 1.54) is 0 Å². The smallest absolute Gasteiger partial charge is 0.255 e. The number of amides is 3. The van der Waals surface area contributed by atoms with E-state index in [0.29, 0.717) is 18.5 Å². The van der Waals surface area contributed by atoms with Crippen LogP contribution in [0.25, 0.3) is 0 Å². The highest BCUT2D eigenvalue weighted by Crippen LogP contribution is 2.32. The lowest BCUT2D eigenvalue weighted by atomic mass is 9.89. The van der Waals surface area contributed by atoms with Gasteiger partial charge in [-0.05, 0) is 56.5 Å². The van der Waals surface area contributed by atoms with E-state index >= 15 is 0 Å². The minimum Gasteiger partial charge on any atom is -0.369 e. The molecule has 3 fully saturated rings. The van der Waals surface area contributed by atoms with Gasteiger partial charge in [0.25, 0.3) is 5.91 Å². The third-order valence-electron chi connectivity index (χ3n) is 6.99. The summed E-state index contributed by atoms with van der Waals surface area (Å²) in [6.45, 7) is 7.11. The predicted molar refractivity (Wildman–Crippen MR) is 113 cm³/mol. The summed E-state index contributed by atoms with van der Waals surface area (Å²) in [6.07, 6.45) is 2.90. The molecule has 0 aromatic heterocycles. The predicted octanol–water partition coefficient (Wildman–Crippen LogP) is 0.791. The van der Waals surface area contributed by atoms with Crippen molar-refractivity contribution in [1.29, 1.82) is 0 Å². The van der Waals surface area contributed by atoms with Gasteiger partial charge in [-0.3, -0.25) is 24.6 Å². The third kappa shape index (κ3) is 4.00. The SMILES string of the molecule is CC1CN(Cc2ccc3c(c2)C(=O)N(C2CCC(=O)NC2=O)C3)CC2(CCNCC2)O1. The molecule has 31 heavy (non-hydrogen) atoms. The number of nitrogens with zero attached hydrogens (tertiary/aromatic N) is 2. The van der Waals surface area contributed by atoms with Gasteiger partial charge in [-0.2, -0.15) is 0 Å². The van der Waals surface area contributed by atoms with Crippen molar-refractivity contribution in [2.75, 3.05) is 26.2 Å². The van der Waals surface area contributed by atoms with Crippen LogP contribution in [-0.4, -0.2) is 71.4 Å². The summed E-state index contributed by atoms with van der Waals surface area (Å²) < 4.78 is 6.37. The van der Waals surface area contributed by atoms with Crippen molar-refractivity contribution >= 4 is 17.7 Å². The molecule has 8 nitrogen and oxygen atoms in total. The largest absolute Gasteiger partial charge is 0.369 e. The third-order valence-corrected chi connectivity index (χ3v) is 6.99. The number of piperidine rings is 2. The average molecular weight is 427 g/mol. The van der Waals surface area contributed by atoms with Crippen LogP contribution in [-0.2, 0) is 27.4 Å². The minimum absolute atomic E-state index is 0.0714. The monoisotopic (exact) mass is 426 g/mol. The number of hydrogen-bond donors (Lipinski definition) is 2. The zero-order chi connectivity index (χ0) is 21.6. The maximum atomic E-state index is 13.1. The number of rotatable bonds is 3. The number of carbonyl (C=O) groups excluding carboxylic acids is 3. The fraction of sp³-hybridized carbons (Fsp3) is 0.609. The number of nitrogens with one attached hydrogen (secondary N) is 2. The lowest BCUT2D eigenvalue weighted by molar-refractivity contribution is -0.162. The number of fused-ring (bicyclic) bond motifs is 1. The van der Waals surface area contributed by atoms with Crippen LogP contribution >= 0.6 is 0 Å². The van der Waals surface area contributed by atoms with Gasteiger partial charge < -0.3 is 15.0 Å². The Morgan fingerprint density at radius 3 is 2.77 bits per heavy atom. The Morgan fingerprint density at radius 1 is 1.19 bits per heavy atom. The van der Waals surface area contributed by atoms with Crippen LogP contribution in [0.2, 0.25) is 0 Å². The van der Waals surface area contributed by atoms with Crippen LogP contribution in [0.5, 0.6) is 0 Å². The van der Waals surface area contributed by atoms with Crippen LogP contribution in [0, 0.1) is 0 Å². The van der Waals surface area contributed by atoms with Crippen LogP contribution in [0.15, 0.2) is 18.2 Å². The number of morpholine rings is 1. The molecule has 8 heteroatoms. The Labute approximate surface area is 182 Å². The van der Waals surface area contributed by atoms with Crippen molar-refractivity contribution in [1.82, 2.24) is 20.4 Å². The highest BCUT2D eigenvalue weighted by Gasteiger charge is 2.41. The van der Waals surface area contributed by atoms with Gasteiger partial charge in [0.15, 0.2) is 0 Å². The van der Waals surface area contributed by atoms with E-state index in [1.807, 2.05) is 12.1 Å². The maximum Gasteiger partial charge on any atom is 0.255 e. The topological polar surface area (TPSA) is 91.0 Å². The van der Waals surface area contributed by atoms with E-state index in [1.54, 1.807) is 4.90 Å². The molecule has 3 saturated heterocycles. The van der Waals surface area contributed by atoms with Crippen molar-refractivity contribution in [3.63, 3.8) is 0 Å². The van der Waals surface area contributed by atoms with Gasteiger partial charge in [0.2, 0.25) is 11.8 Å². The fourth-order valence-corrected chi connectivity index (χ4v) is 5.57. The molecule has 166 valence electrons. The van der Waals surface area contributed by atoms with E-state index < -0.39 is 6.04 Å². The van der Waals surface area contributed by atoms with Gasteiger partial charge in [-0.1, -0.05) is 12.1 Å². The van der Waals surface area contributed by atoms with Crippen molar-refractivity contribution < 1.29 is 19.1 Å². The lowest BCUT2D eigenvalue weighted by Gasteiger charge is -2.47. The molecule has 4 heterocycles. The summed E-state index contributed by atoms with van der Waals surface area (Å²) in [4.78, 5) is 40.8. The Hall–Kier alpha value is -2.29.